The van der Waals surface area contributed by atoms with Crippen LogP contribution in [0.15, 0.2) is 6.33 Å². The molecule has 1 saturated heterocycles. The second kappa shape index (κ2) is 3.93. The maximum atomic E-state index is 4.24. The molecule has 2 fully saturated rings. The summed E-state index contributed by atoms with van der Waals surface area (Å²) < 4.78 is 2.29. The summed E-state index contributed by atoms with van der Waals surface area (Å²) in [4.78, 5) is 0. The molecule has 15 heavy (non-hydrogen) atoms. The maximum Gasteiger partial charge on any atom is 0.135 e. The molecule has 0 atom stereocenters. The summed E-state index contributed by atoms with van der Waals surface area (Å²) in [5.41, 5.74) is 0. The third-order valence-corrected chi connectivity index (χ3v) is 3.50. The van der Waals surface area contributed by atoms with Gasteiger partial charge in [0.25, 0.3) is 0 Å². The van der Waals surface area contributed by atoms with Crippen LogP contribution in [0.2, 0.25) is 0 Å². The fraction of sp³-hybridized carbons (Fsp3) is 0.818. The molecule has 4 heteroatoms. The van der Waals surface area contributed by atoms with Crippen molar-refractivity contribution in [1.82, 2.24) is 20.1 Å². The molecular weight excluding hydrogens is 188 g/mol. The highest BCUT2D eigenvalue weighted by molar-refractivity contribution is 5.04. The van der Waals surface area contributed by atoms with Crippen LogP contribution in [0.5, 0.6) is 0 Å². The Labute approximate surface area is 90.1 Å². The Kier molecular flexibility index (Phi) is 2.44. The minimum atomic E-state index is 0.717. The van der Waals surface area contributed by atoms with Crippen molar-refractivity contribution in [2.24, 2.45) is 5.92 Å². The first-order valence-corrected chi connectivity index (χ1v) is 6.02. The molecule has 0 aromatic carbocycles. The molecular formula is C11H18N4. The van der Waals surface area contributed by atoms with Crippen molar-refractivity contribution in [3.05, 3.63) is 12.2 Å². The van der Waals surface area contributed by atoms with E-state index in [2.05, 4.69) is 20.1 Å². The highest BCUT2D eigenvalue weighted by atomic mass is 15.3. The minimum Gasteiger partial charge on any atom is -0.317 e. The number of nitrogens with zero attached hydrogens (tertiary/aromatic N) is 3. The Bertz CT molecular complexity index is 323. The first kappa shape index (κ1) is 9.33. The van der Waals surface area contributed by atoms with Crippen LogP contribution in [-0.4, -0.2) is 27.9 Å². The second-order valence-electron chi connectivity index (χ2n) is 4.81. The SMILES string of the molecule is c1nnc(C2CC2)n1CC1CCNCC1. The van der Waals surface area contributed by atoms with Crippen molar-refractivity contribution in [1.29, 1.82) is 0 Å². The predicted molar refractivity (Wildman–Crippen MR) is 57.6 cm³/mol. The molecule has 1 aliphatic carbocycles. The third-order valence-electron chi connectivity index (χ3n) is 3.50. The molecule has 0 radical (unpaired) electrons. The van der Waals surface area contributed by atoms with Crippen LogP contribution in [0.25, 0.3) is 0 Å². The van der Waals surface area contributed by atoms with Gasteiger partial charge in [-0.3, -0.25) is 0 Å². The van der Waals surface area contributed by atoms with Gasteiger partial charge in [-0.05, 0) is 44.7 Å². The summed E-state index contributed by atoms with van der Waals surface area (Å²) >= 11 is 0. The molecule has 2 aliphatic rings. The normalized spacial score (nSPS) is 23.2. The van der Waals surface area contributed by atoms with Gasteiger partial charge in [0.2, 0.25) is 0 Å². The van der Waals surface area contributed by atoms with Gasteiger partial charge in [-0.1, -0.05) is 0 Å². The fourth-order valence-electron chi connectivity index (χ4n) is 2.40. The number of hydrogen-bond donors (Lipinski definition) is 1. The molecule has 1 aliphatic heterocycles. The summed E-state index contributed by atoms with van der Waals surface area (Å²) in [5, 5.41) is 11.7. The van der Waals surface area contributed by atoms with Crippen LogP contribution in [-0.2, 0) is 6.54 Å². The number of aromatic nitrogens is 3. The monoisotopic (exact) mass is 206 g/mol. The number of piperidine rings is 1. The fourth-order valence-corrected chi connectivity index (χ4v) is 2.40. The second-order valence-corrected chi connectivity index (χ2v) is 4.81. The summed E-state index contributed by atoms with van der Waals surface area (Å²) in [6.45, 7) is 3.47. The van der Waals surface area contributed by atoms with E-state index in [0.29, 0.717) is 5.92 Å². The third kappa shape index (κ3) is 2.04. The topological polar surface area (TPSA) is 42.7 Å². The molecule has 1 N–H and O–H groups in total. The zero-order chi connectivity index (χ0) is 10.1. The van der Waals surface area contributed by atoms with Gasteiger partial charge in [-0.25, -0.2) is 0 Å². The molecule has 1 aromatic heterocycles. The molecule has 3 rings (SSSR count). The van der Waals surface area contributed by atoms with Crippen molar-refractivity contribution in [3.8, 4) is 0 Å². The average Bonchev–Trinajstić information content (AvgIpc) is 3.02. The lowest BCUT2D eigenvalue weighted by Crippen LogP contribution is -2.30. The number of hydrogen-bond acceptors (Lipinski definition) is 3. The van der Waals surface area contributed by atoms with Crippen LogP contribution >= 0.6 is 0 Å². The largest absolute Gasteiger partial charge is 0.317 e. The van der Waals surface area contributed by atoms with E-state index in [9.17, 15) is 0 Å². The van der Waals surface area contributed by atoms with Crippen LogP contribution in [0.4, 0.5) is 0 Å². The lowest BCUT2D eigenvalue weighted by Gasteiger charge is -2.23. The van der Waals surface area contributed by atoms with E-state index in [4.69, 9.17) is 0 Å². The first-order chi connectivity index (χ1) is 7.43. The van der Waals surface area contributed by atoms with Crippen molar-refractivity contribution in [3.63, 3.8) is 0 Å². The van der Waals surface area contributed by atoms with E-state index in [0.717, 1.165) is 12.5 Å². The summed E-state index contributed by atoms with van der Waals surface area (Å²) in [6.07, 6.45) is 7.12. The van der Waals surface area contributed by atoms with Crippen LogP contribution < -0.4 is 5.32 Å². The summed E-state index contributed by atoms with van der Waals surface area (Å²) in [7, 11) is 0. The van der Waals surface area contributed by atoms with Gasteiger partial charge in [0.05, 0.1) is 0 Å². The van der Waals surface area contributed by atoms with Crippen molar-refractivity contribution in [2.75, 3.05) is 13.1 Å². The van der Waals surface area contributed by atoms with E-state index in [1.165, 1.54) is 44.6 Å². The first-order valence-electron chi connectivity index (χ1n) is 6.02. The average molecular weight is 206 g/mol. The molecule has 1 saturated carbocycles. The van der Waals surface area contributed by atoms with E-state index in [-0.39, 0.29) is 0 Å². The van der Waals surface area contributed by atoms with Crippen molar-refractivity contribution in [2.45, 2.75) is 38.1 Å². The zero-order valence-electron chi connectivity index (χ0n) is 9.02. The Morgan fingerprint density at radius 3 is 2.80 bits per heavy atom. The van der Waals surface area contributed by atoms with Gasteiger partial charge in [-0.2, -0.15) is 0 Å². The molecule has 0 spiro atoms. The Hall–Kier alpha value is -0.900. The van der Waals surface area contributed by atoms with Gasteiger partial charge in [0.15, 0.2) is 0 Å². The summed E-state index contributed by atoms with van der Waals surface area (Å²) in [5.74, 6) is 2.77. The van der Waals surface area contributed by atoms with Crippen LogP contribution in [0.3, 0.4) is 0 Å². The highest BCUT2D eigenvalue weighted by Crippen LogP contribution is 2.38. The molecule has 2 heterocycles. The number of rotatable bonds is 3. The highest BCUT2D eigenvalue weighted by Gasteiger charge is 2.29. The predicted octanol–water partition coefficient (Wildman–Crippen LogP) is 1.16. The Morgan fingerprint density at radius 1 is 1.27 bits per heavy atom. The minimum absolute atomic E-state index is 0.717. The standard InChI is InChI=1S/C11H18N4/c1-2-10(1)11-14-13-8-15(11)7-9-3-5-12-6-4-9/h8-10,12H,1-7H2. The van der Waals surface area contributed by atoms with E-state index in [1.807, 2.05) is 6.33 Å². The zero-order valence-corrected chi connectivity index (χ0v) is 9.02. The van der Waals surface area contributed by atoms with Crippen molar-refractivity contribution < 1.29 is 0 Å². The van der Waals surface area contributed by atoms with E-state index < -0.39 is 0 Å². The van der Waals surface area contributed by atoms with Gasteiger partial charge < -0.3 is 9.88 Å². The van der Waals surface area contributed by atoms with Gasteiger partial charge in [-0.15, -0.1) is 10.2 Å². The van der Waals surface area contributed by atoms with Crippen LogP contribution in [0, 0.1) is 5.92 Å². The maximum absolute atomic E-state index is 4.24. The number of nitrogens with one attached hydrogen (secondary N) is 1. The molecule has 0 amide bonds. The smallest absolute Gasteiger partial charge is 0.135 e. The quantitative estimate of drug-likeness (QED) is 0.807. The van der Waals surface area contributed by atoms with Crippen molar-refractivity contribution >= 4 is 0 Å². The molecule has 1 aromatic rings. The lowest BCUT2D eigenvalue weighted by atomic mass is 9.98. The summed E-state index contributed by atoms with van der Waals surface area (Å²) in [6, 6.07) is 0. The van der Waals surface area contributed by atoms with Gasteiger partial charge in [0.1, 0.15) is 12.2 Å². The molecule has 82 valence electrons. The lowest BCUT2D eigenvalue weighted by molar-refractivity contribution is 0.329. The Morgan fingerprint density at radius 2 is 2.07 bits per heavy atom. The Balaban J connectivity index is 1.67. The molecule has 0 unspecified atom stereocenters. The molecule has 0 bridgehead atoms. The van der Waals surface area contributed by atoms with Gasteiger partial charge in [0, 0.05) is 12.5 Å². The van der Waals surface area contributed by atoms with E-state index >= 15 is 0 Å². The van der Waals surface area contributed by atoms with E-state index in [1.54, 1.807) is 0 Å². The van der Waals surface area contributed by atoms with Gasteiger partial charge >= 0.3 is 0 Å². The van der Waals surface area contributed by atoms with Crippen LogP contribution in [0.1, 0.15) is 37.4 Å². The molecule has 4 nitrogen and oxygen atoms in total.